The summed E-state index contributed by atoms with van der Waals surface area (Å²) in [6.45, 7) is 6.22. The van der Waals surface area contributed by atoms with Crippen molar-refractivity contribution >= 4 is 46.2 Å². The van der Waals surface area contributed by atoms with Crippen LogP contribution in [0, 0.1) is 0 Å². The van der Waals surface area contributed by atoms with Gasteiger partial charge < -0.3 is 9.52 Å². The third kappa shape index (κ3) is 6.04. The molecule has 0 bridgehead atoms. The van der Waals surface area contributed by atoms with Gasteiger partial charge in [-0.15, -0.1) is 11.8 Å². The molecule has 2 N–H and O–H groups in total. The first-order valence-corrected chi connectivity index (χ1v) is 10.9. The van der Waals surface area contributed by atoms with E-state index in [0.29, 0.717) is 27.9 Å². The fourth-order valence-electron chi connectivity index (χ4n) is 2.32. The summed E-state index contributed by atoms with van der Waals surface area (Å²) < 4.78 is 6.72. The van der Waals surface area contributed by atoms with Crippen molar-refractivity contribution in [1.82, 2.24) is 9.97 Å². The number of hydrogen-bond acceptors (Lipinski definition) is 7. The standard InChI is InChI=1S/C21H21N3O4S2/c1-21(2,3)15-10-22-16(28-15)12-29-18-11-23-20(30-18)24-19(27)14-7-4-13(5-8-14)6-9-17(25)26/h4-11H,12H2,1-3H3,(H,25,26)(H,23,24,27). The Morgan fingerprint density at radius 3 is 2.57 bits per heavy atom. The Kier molecular flexibility index (Phi) is 6.73. The van der Waals surface area contributed by atoms with Gasteiger partial charge in [-0.05, 0) is 23.8 Å². The molecule has 156 valence electrons. The summed E-state index contributed by atoms with van der Waals surface area (Å²) in [6.07, 6.45) is 5.98. The molecule has 2 heterocycles. The number of thioether (sulfide) groups is 1. The third-order valence-electron chi connectivity index (χ3n) is 3.93. The highest BCUT2D eigenvalue weighted by molar-refractivity contribution is 8.00. The van der Waals surface area contributed by atoms with Gasteiger partial charge in [-0.1, -0.05) is 44.2 Å². The van der Waals surface area contributed by atoms with E-state index in [2.05, 4.69) is 36.1 Å². The van der Waals surface area contributed by atoms with Crippen molar-refractivity contribution in [3.05, 3.63) is 65.5 Å². The highest BCUT2D eigenvalue weighted by Gasteiger charge is 2.19. The Hall–Kier alpha value is -2.91. The fourth-order valence-corrected chi connectivity index (χ4v) is 4.04. The largest absolute Gasteiger partial charge is 0.478 e. The number of carboxylic acids is 1. The van der Waals surface area contributed by atoms with Crippen LogP contribution in [0.1, 0.15) is 48.3 Å². The number of amides is 1. The summed E-state index contributed by atoms with van der Waals surface area (Å²) in [5, 5.41) is 11.9. The number of oxazole rings is 1. The molecule has 30 heavy (non-hydrogen) atoms. The average molecular weight is 444 g/mol. The molecule has 0 aliphatic carbocycles. The lowest BCUT2D eigenvalue weighted by atomic mass is 9.94. The molecule has 3 rings (SSSR count). The van der Waals surface area contributed by atoms with Gasteiger partial charge in [-0.25, -0.2) is 14.8 Å². The van der Waals surface area contributed by atoms with E-state index in [1.54, 1.807) is 48.4 Å². The number of aromatic nitrogens is 2. The number of anilines is 1. The number of thiazole rings is 1. The van der Waals surface area contributed by atoms with Crippen LogP contribution in [-0.2, 0) is 16.0 Å². The molecule has 3 aromatic rings. The molecule has 0 spiro atoms. The van der Waals surface area contributed by atoms with Crippen LogP contribution in [0.4, 0.5) is 5.13 Å². The molecule has 0 saturated heterocycles. The van der Waals surface area contributed by atoms with Gasteiger partial charge in [0.15, 0.2) is 5.13 Å². The van der Waals surface area contributed by atoms with Crippen molar-refractivity contribution in [2.24, 2.45) is 0 Å². The highest BCUT2D eigenvalue weighted by atomic mass is 32.2. The van der Waals surface area contributed by atoms with Gasteiger partial charge in [0, 0.05) is 17.1 Å². The maximum absolute atomic E-state index is 12.4. The zero-order valence-electron chi connectivity index (χ0n) is 16.7. The van der Waals surface area contributed by atoms with Gasteiger partial charge in [-0.2, -0.15) is 0 Å². The topological polar surface area (TPSA) is 105 Å². The van der Waals surface area contributed by atoms with Crippen molar-refractivity contribution in [1.29, 1.82) is 0 Å². The third-order valence-corrected chi connectivity index (χ3v) is 6.02. The minimum atomic E-state index is -1.02. The first-order chi connectivity index (χ1) is 14.2. The summed E-state index contributed by atoms with van der Waals surface area (Å²) in [5.41, 5.74) is 1.08. The molecule has 0 aliphatic rings. The van der Waals surface area contributed by atoms with Crippen LogP contribution in [0.5, 0.6) is 0 Å². The normalized spacial score (nSPS) is 11.7. The minimum absolute atomic E-state index is 0.0808. The Bertz CT molecular complexity index is 1060. The van der Waals surface area contributed by atoms with Crippen LogP contribution < -0.4 is 5.32 Å². The van der Waals surface area contributed by atoms with E-state index in [4.69, 9.17) is 9.52 Å². The lowest BCUT2D eigenvalue weighted by molar-refractivity contribution is -0.131. The van der Waals surface area contributed by atoms with Crippen LogP contribution in [0.25, 0.3) is 6.08 Å². The molecule has 0 aliphatic heterocycles. The van der Waals surface area contributed by atoms with Gasteiger partial charge in [-0.3, -0.25) is 10.1 Å². The monoisotopic (exact) mass is 443 g/mol. The van der Waals surface area contributed by atoms with E-state index < -0.39 is 5.97 Å². The number of hydrogen-bond donors (Lipinski definition) is 2. The number of carboxylic acid groups (broad SMARTS) is 1. The van der Waals surface area contributed by atoms with E-state index in [1.165, 1.54) is 17.4 Å². The first kappa shape index (κ1) is 21.8. The molecule has 2 aromatic heterocycles. The van der Waals surface area contributed by atoms with Gasteiger partial charge in [0.2, 0.25) is 5.89 Å². The zero-order valence-corrected chi connectivity index (χ0v) is 18.3. The predicted molar refractivity (Wildman–Crippen MR) is 118 cm³/mol. The van der Waals surface area contributed by atoms with Crippen molar-refractivity contribution in [3.8, 4) is 0 Å². The molecule has 1 aromatic carbocycles. The molecule has 0 saturated carbocycles. The number of aliphatic carboxylic acids is 1. The van der Waals surface area contributed by atoms with Crippen LogP contribution in [0.2, 0.25) is 0 Å². The van der Waals surface area contributed by atoms with Gasteiger partial charge >= 0.3 is 5.97 Å². The molecular formula is C21H21N3O4S2. The molecular weight excluding hydrogens is 422 g/mol. The maximum atomic E-state index is 12.4. The lowest BCUT2D eigenvalue weighted by Crippen LogP contribution is -2.11. The number of carbonyl (C=O) groups is 2. The lowest BCUT2D eigenvalue weighted by Gasteiger charge is -2.12. The second-order valence-electron chi connectivity index (χ2n) is 7.39. The molecule has 0 radical (unpaired) electrons. The van der Waals surface area contributed by atoms with E-state index in [9.17, 15) is 9.59 Å². The van der Waals surface area contributed by atoms with Crippen molar-refractivity contribution in [3.63, 3.8) is 0 Å². The Labute approximate surface area is 182 Å². The summed E-state index contributed by atoms with van der Waals surface area (Å²) in [5.74, 6) is 0.779. The van der Waals surface area contributed by atoms with E-state index in [-0.39, 0.29) is 11.3 Å². The summed E-state index contributed by atoms with van der Waals surface area (Å²) in [6, 6.07) is 6.63. The number of carbonyl (C=O) groups excluding carboxylic acids is 1. The minimum Gasteiger partial charge on any atom is -0.478 e. The summed E-state index contributed by atoms with van der Waals surface area (Å²) >= 11 is 2.92. The number of nitrogens with zero attached hydrogens (tertiary/aromatic N) is 2. The molecule has 0 fully saturated rings. The number of rotatable bonds is 7. The first-order valence-electron chi connectivity index (χ1n) is 9.07. The molecule has 0 unspecified atom stereocenters. The van der Waals surface area contributed by atoms with Crippen LogP contribution in [-0.4, -0.2) is 27.0 Å². The van der Waals surface area contributed by atoms with E-state index in [1.807, 2.05) is 0 Å². The van der Waals surface area contributed by atoms with Crippen LogP contribution in [0.3, 0.4) is 0 Å². The molecule has 1 amide bonds. The number of benzene rings is 1. The quantitative estimate of drug-likeness (QED) is 0.388. The second-order valence-corrected chi connectivity index (χ2v) is 9.70. The fraction of sp³-hybridized carbons (Fsp3) is 0.238. The predicted octanol–water partition coefficient (Wildman–Crippen LogP) is 5.07. The van der Waals surface area contributed by atoms with Gasteiger partial charge in [0.05, 0.1) is 22.4 Å². The average Bonchev–Trinajstić information content (AvgIpc) is 3.34. The smallest absolute Gasteiger partial charge is 0.328 e. The highest BCUT2D eigenvalue weighted by Crippen LogP contribution is 2.32. The van der Waals surface area contributed by atoms with Crippen LogP contribution in [0.15, 0.2) is 51.4 Å². The SMILES string of the molecule is CC(C)(C)c1cnc(CSc2cnc(NC(=O)c3ccc(C=CC(=O)O)cc3)s2)o1. The second kappa shape index (κ2) is 9.27. The Morgan fingerprint density at radius 2 is 1.93 bits per heavy atom. The van der Waals surface area contributed by atoms with Crippen molar-refractivity contribution in [2.45, 2.75) is 36.1 Å². The molecule has 7 nitrogen and oxygen atoms in total. The van der Waals surface area contributed by atoms with Crippen LogP contribution >= 0.6 is 23.1 Å². The summed E-state index contributed by atoms with van der Waals surface area (Å²) in [7, 11) is 0. The Morgan fingerprint density at radius 1 is 1.20 bits per heavy atom. The van der Waals surface area contributed by atoms with Crippen molar-refractivity contribution in [2.75, 3.05) is 5.32 Å². The van der Waals surface area contributed by atoms with E-state index in [0.717, 1.165) is 16.0 Å². The summed E-state index contributed by atoms with van der Waals surface area (Å²) in [4.78, 5) is 31.5. The van der Waals surface area contributed by atoms with Gasteiger partial charge in [0.25, 0.3) is 5.91 Å². The van der Waals surface area contributed by atoms with E-state index >= 15 is 0 Å². The number of nitrogens with one attached hydrogen (secondary N) is 1. The van der Waals surface area contributed by atoms with Gasteiger partial charge in [0.1, 0.15) is 5.76 Å². The molecule has 9 heteroatoms. The maximum Gasteiger partial charge on any atom is 0.328 e. The zero-order chi connectivity index (χ0) is 21.7. The molecule has 0 atom stereocenters. The van der Waals surface area contributed by atoms with Crippen molar-refractivity contribution < 1.29 is 19.1 Å². The Balaban J connectivity index is 1.55.